The van der Waals surface area contributed by atoms with Crippen LogP contribution in [0.15, 0.2) is 5.16 Å². The lowest BCUT2D eigenvalue weighted by Gasteiger charge is -1.89. The van der Waals surface area contributed by atoms with Crippen molar-refractivity contribution in [2.75, 3.05) is 6.61 Å². The summed E-state index contributed by atoms with van der Waals surface area (Å²) in [5.74, 6) is 0. The highest BCUT2D eigenvalue weighted by Crippen LogP contribution is 1.75. The standard InChI is InChI=1S/C5H10NO/c1-4-7-6-5(2)3/h1,4H2,2-3H3. The molecule has 1 radical (unpaired) electrons. The molecule has 0 N–H and O–H groups in total. The Hall–Kier alpha value is -0.530. The van der Waals surface area contributed by atoms with E-state index in [0.717, 1.165) is 5.71 Å². The van der Waals surface area contributed by atoms with Gasteiger partial charge in [0.25, 0.3) is 0 Å². The quantitative estimate of drug-likeness (QED) is 0.378. The molecule has 0 amide bonds. The van der Waals surface area contributed by atoms with Crippen molar-refractivity contribution >= 4 is 5.71 Å². The van der Waals surface area contributed by atoms with Gasteiger partial charge < -0.3 is 4.84 Å². The summed E-state index contributed by atoms with van der Waals surface area (Å²) in [7, 11) is 0. The van der Waals surface area contributed by atoms with Crippen molar-refractivity contribution in [2.24, 2.45) is 5.16 Å². The van der Waals surface area contributed by atoms with Crippen molar-refractivity contribution in [3.8, 4) is 0 Å². The van der Waals surface area contributed by atoms with Crippen molar-refractivity contribution in [3.05, 3.63) is 6.92 Å². The molecule has 0 rings (SSSR count). The Morgan fingerprint density at radius 3 is 2.43 bits per heavy atom. The van der Waals surface area contributed by atoms with Crippen LogP contribution in [0.25, 0.3) is 0 Å². The van der Waals surface area contributed by atoms with Crippen molar-refractivity contribution in [3.63, 3.8) is 0 Å². The Labute approximate surface area is 44.2 Å². The molecule has 41 valence electrons. The average molecular weight is 100 g/mol. The molecular formula is C5H10NO. The van der Waals surface area contributed by atoms with Gasteiger partial charge in [0.1, 0.15) is 6.61 Å². The molecular weight excluding hydrogens is 90.1 g/mol. The van der Waals surface area contributed by atoms with Crippen LogP contribution in [0.5, 0.6) is 0 Å². The van der Waals surface area contributed by atoms with Gasteiger partial charge in [-0.15, -0.1) is 0 Å². The Morgan fingerprint density at radius 1 is 1.71 bits per heavy atom. The SMILES string of the molecule is [CH2]CON=C(C)C. The molecule has 0 heterocycles. The van der Waals surface area contributed by atoms with Crippen LogP contribution in [0.4, 0.5) is 0 Å². The van der Waals surface area contributed by atoms with Crippen molar-refractivity contribution < 1.29 is 4.84 Å². The fourth-order valence-electron chi connectivity index (χ4n) is 0.175. The zero-order valence-electron chi connectivity index (χ0n) is 4.77. The normalized spacial score (nSPS) is 7.86. The van der Waals surface area contributed by atoms with E-state index in [1.165, 1.54) is 0 Å². The molecule has 2 nitrogen and oxygen atoms in total. The maximum absolute atomic E-state index is 4.57. The molecule has 0 unspecified atom stereocenters. The van der Waals surface area contributed by atoms with E-state index < -0.39 is 0 Å². The third-order valence-corrected chi connectivity index (χ3v) is 0.338. The fraction of sp³-hybridized carbons (Fsp3) is 0.600. The minimum Gasteiger partial charge on any atom is -0.396 e. The summed E-state index contributed by atoms with van der Waals surface area (Å²) in [6.45, 7) is 7.58. The molecule has 2 heteroatoms. The van der Waals surface area contributed by atoms with Crippen LogP contribution in [-0.4, -0.2) is 12.3 Å². The van der Waals surface area contributed by atoms with Gasteiger partial charge in [-0.05, 0) is 20.8 Å². The van der Waals surface area contributed by atoms with Gasteiger partial charge in [0.15, 0.2) is 0 Å². The lowest BCUT2D eigenvalue weighted by Crippen LogP contribution is -1.84. The smallest absolute Gasteiger partial charge is 0.117 e. The molecule has 0 aliphatic rings. The lowest BCUT2D eigenvalue weighted by molar-refractivity contribution is 0.173. The highest BCUT2D eigenvalue weighted by Gasteiger charge is 1.73. The van der Waals surface area contributed by atoms with E-state index in [1.807, 2.05) is 13.8 Å². The second-order valence-corrected chi connectivity index (χ2v) is 1.37. The van der Waals surface area contributed by atoms with Gasteiger partial charge in [0.05, 0.1) is 5.71 Å². The summed E-state index contributed by atoms with van der Waals surface area (Å²) in [6.07, 6.45) is 0. The Bertz CT molecular complexity index is 64.5. The molecule has 0 aliphatic heterocycles. The van der Waals surface area contributed by atoms with E-state index in [9.17, 15) is 0 Å². The molecule has 0 bridgehead atoms. The second kappa shape index (κ2) is 3.65. The molecule has 0 fully saturated rings. The van der Waals surface area contributed by atoms with Gasteiger partial charge in [-0.1, -0.05) is 5.16 Å². The number of hydrogen-bond donors (Lipinski definition) is 0. The van der Waals surface area contributed by atoms with Gasteiger partial charge in [-0.2, -0.15) is 0 Å². The topological polar surface area (TPSA) is 21.6 Å². The number of rotatable bonds is 2. The number of hydrogen-bond acceptors (Lipinski definition) is 2. The first-order chi connectivity index (χ1) is 3.27. The Kier molecular flexibility index (Phi) is 3.38. The van der Waals surface area contributed by atoms with Crippen LogP contribution in [0.3, 0.4) is 0 Å². The summed E-state index contributed by atoms with van der Waals surface area (Å²) in [5.41, 5.74) is 0.920. The van der Waals surface area contributed by atoms with E-state index in [2.05, 4.69) is 16.9 Å². The van der Waals surface area contributed by atoms with Crippen LogP contribution in [0.2, 0.25) is 0 Å². The minimum atomic E-state index is 0.408. The summed E-state index contributed by atoms with van der Waals surface area (Å²) in [6, 6.07) is 0. The van der Waals surface area contributed by atoms with Crippen LogP contribution in [-0.2, 0) is 4.84 Å². The molecule has 0 saturated carbocycles. The molecule has 0 aromatic rings. The molecule has 0 atom stereocenters. The maximum Gasteiger partial charge on any atom is 0.117 e. The Morgan fingerprint density at radius 2 is 2.29 bits per heavy atom. The van der Waals surface area contributed by atoms with E-state index in [0.29, 0.717) is 6.61 Å². The van der Waals surface area contributed by atoms with Crippen LogP contribution < -0.4 is 0 Å². The van der Waals surface area contributed by atoms with Crippen LogP contribution in [0.1, 0.15) is 13.8 Å². The Balaban J connectivity index is 3.08. The minimum absolute atomic E-state index is 0.408. The van der Waals surface area contributed by atoms with Gasteiger partial charge in [-0.3, -0.25) is 0 Å². The van der Waals surface area contributed by atoms with Crippen LogP contribution in [0, 0.1) is 6.92 Å². The maximum atomic E-state index is 4.57. The predicted molar refractivity (Wildman–Crippen MR) is 30.1 cm³/mol. The molecule has 0 aromatic carbocycles. The first-order valence-electron chi connectivity index (χ1n) is 2.19. The second-order valence-electron chi connectivity index (χ2n) is 1.37. The molecule has 0 aromatic heterocycles. The fourth-order valence-corrected chi connectivity index (χ4v) is 0.175. The summed E-state index contributed by atoms with van der Waals surface area (Å²) < 4.78 is 0. The first-order valence-corrected chi connectivity index (χ1v) is 2.19. The van der Waals surface area contributed by atoms with E-state index in [1.54, 1.807) is 0 Å². The monoisotopic (exact) mass is 100 g/mol. The molecule has 0 aliphatic carbocycles. The highest BCUT2D eigenvalue weighted by molar-refractivity contribution is 5.78. The lowest BCUT2D eigenvalue weighted by atomic mass is 10.5. The van der Waals surface area contributed by atoms with Gasteiger partial charge in [0.2, 0.25) is 0 Å². The highest BCUT2D eigenvalue weighted by atomic mass is 16.6. The molecule has 7 heavy (non-hydrogen) atoms. The van der Waals surface area contributed by atoms with Gasteiger partial charge in [0, 0.05) is 0 Å². The average Bonchev–Trinajstić information content (AvgIpc) is 1.61. The van der Waals surface area contributed by atoms with Crippen LogP contribution >= 0.6 is 0 Å². The molecule has 0 spiro atoms. The first kappa shape index (κ1) is 6.47. The largest absolute Gasteiger partial charge is 0.396 e. The zero-order valence-corrected chi connectivity index (χ0v) is 4.77. The summed E-state index contributed by atoms with van der Waals surface area (Å²) in [5, 5.41) is 3.60. The van der Waals surface area contributed by atoms with Crippen molar-refractivity contribution in [2.45, 2.75) is 13.8 Å². The van der Waals surface area contributed by atoms with Gasteiger partial charge in [-0.25, -0.2) is 0 Å². The van der Waals surface area contributed by atoms with Gasteiger partial charge >= 0.3 is 0 Å². The zero-order chi connectivity index (χ0) is 5.70. The summed E-state index contributed by atoms with van der Waals surface area (Å²) >= 11 is 0. The predicted octanol–water partition coefficient (Wildman–Crippen LogP) is 1.23. The summed E-state index contributed by atoms with van der Waals surface area (Å²) in [4.78, 5) is 4.57. The number of oxime groups is 1. The number of nitrogens with zero attached hydrogens (tertiary/aromatic N) is 1. The van der Waals surface area contributed by atoms with E-state index in [-0.39, 0.29) is 0 Å². The third kappa shape index (κ3) is 5.47. The van der Waals surface area contributed by atoms with E-state index in [4.69, 9.17) is 0 Å². The van der Waals surface area contributed by atoms with Crippen molar-refractivity contribution in [1.29, 1.82) is 0 Å². The molecule has 0 saturated heterocycles. The van der Waals surface area contributed by atoms with Crippen molar-refractivity contribution in [1.82, 2.24) is 0 Å². The van der Waals surface area contributed by atoms with E-state index >= 15 is 0 Å². The third-order valence-electron chi connectivity index (χ3n) is 0.338.